The van der Waals surface area contributed by atoms with Gasteiger partial charge in [-0.15, -0.1) is 0 Å². The van der Waals surface area contributed by atoms with Crippen molar-refractivity contribution in [1.82, 2.24) is 0 Å². The Bertz CT molecular complexity index is 774. The van der Waals surface area contributed by atoms with Crippen LogP contribution in [0.25, 0.3) is 0 Å². The molecule has 118 valence electrons. The van der Waals surface area contributed by atoms with Crippen molar-refractivity contribution in [1.29, 1.82) is 0 Å². The molecule has 1 amide bonds. The number of carbonyl (C=O) groups excluding carboxylic acids is 2. The summed E-state index contributed by atoms with van der Waals surface area (Å²) >= 11 is 0. The first kappa shape index (κ1) is 16.6. The van der Waals surface area contributed by atoms with Gasteiger partial charge in [0.1, 0.15) is 5.69 Å². The van der Waals surface area contributed by atoms with Crippen molar-refractivity contribution < 1.29 is 19.0 Å². The van der Waals surface area contributed by atoms with Crippen LogP contribution in [-0.4, -0.2) is 16.8 Å². The van der Waals surface area contributed by atoms with Crippen LogP contribution in [0.15, 0.2) is 42.5 Å². The van der Waals surface area contributed by atoms with Gasteiger partial charge in [-0.25, -0.2) is 4.79 Å². The third-order valence-corrected chi connectivity index (χ3v) is 3.31. The molecule has 23 heavy (non-hydrogen) atoms. The van der Waals surface area contributed by atoms with E-state index in [9.17, 15) is 19.7 Å². The normalized spacial score (nSPS) is 10.0. The van der Waals surface area contributed by atoms with E-state index in [1.807, 2.05) is 6.92 Å². The Morgan fingerprint density at radius 3 is 2.30 bits per heavy atom. The molecule has 0 fully saturated rings. The number of nitro benzene ring substituents is 1. The second-order valence-corrected chi connectivity index (χ2v) is 4.95. The number of carbonyl (C=O) groups is 2. The van der Waals surface area contributed by atoms with Crippen molar-refractivity contribution in [2.75, 3.05) is 5.32 Å². The number of benzene rings is 2. The fourth-order valence-electron chi connectivity index (χ4n) is 1.88. The minimum absolute atomic E-state index is 0.000816. The third kappa shape index (κ3) is 3.90. The Labute approximate surface area is 134 Å². The van der Waals surface area contributed by atoms with Crippen molar-refractivity contribution >= 4 is 32.7 Å². The van der Waals surface area contributed by atoms with Crippen molar-refractivity contribution in [3.8, 4) is 0 Å². The summed E-state index contributed by atoms with van der Waals surface area (Å²) in [6, 6.07) is 10.5. The highest BCUT2D eigenvalue weighted by Gasteiger charge is 2.20. The highest BCUT2D eigenvalue weighted by molar-refractivity contribution is 7.10. The summed E-state index contributed by atoms with van der Waals surface area (Å²) in [5.74, 6) is -1.20. The second kappa shape index (κ2) is 6.98. The molecular formula is C15H13N2O5P. The first-order chi connectivity index (χ1) is 10.9. The number of hydrogen-bond donors (Lipinski definition) is 1. The SMILES string of the molecule is Cc1ccc(C(=O)Nc2ccc(C(=O)OP)cc2[N+](=O)[O-])cc1. The quantitative estimate of drug-likeness (QED) is 0.527. The van der Waals surface area contributed by atoms with E-state index >= 15 is 0 Å². The molecule has 0 heterocycles. The minimum Gasteiger partial charge on any atom is -0.448 e. The molecule has 0 aliphatic heterocycles. The van der Waals surface area contributed by atoms with Crippen LogP contribution in [-0.2, 0) is 4.52 Å². The van der Waals surface area contributed by atoms with Crippen LogP contribution in [0, 0.1) is 17.0 Å². The lowest BCUT2D eigenvalue weighted by Crippen LogP contribution is -2.13. The van der Waals surface area contributed by atoms with Gasteiger partial charge in [0, 0.05) is 11.6 Å². The van der Waals surface area contributed by atoms with E-state index in [-0.39, 0.29) is 11.3 Å². The molecule has 1 unspecified atom stereocenters. The molecular weight excluding hydrogens is 319 g/mol. The maximum atomic E-state index is 12.1. The van der Waals surface area contributed by atoms with E-state index in [0.717, 1.165) is 11.6 Å². The monoisotopic (exact) mass is 332 g/mol. The zero-order chi connectivity index (χ0) is 17.0. The number of anilines is 1. The molecule has 2 rings (SSSR count). The van der Waals surface area contributed by atoms with Gasteiger partial charge in [-0.2, -0.15) is 0 Å². The van der Waals surface area contributed by atoms with E-state index in [2.05, 4.69) is 9.84 Å². The standard InChI is InChI=1S/C15H13N2O5P/c1-9-2-4-10(5-3-9)14(18)16-12-7-6-11(15(19)22-23)8-13(12)17(20)21/h2-8H,23H2,1H3,(H,16,18). The summed E-state index contributed by atoms with van der Waals surface area (Å²) < 4.78 is 4.44. The summed E-state index contributed by atoms with van der Waals surface area (Å²) in [6.07, 6.45) is 0. The molecule has 0 bridgehead atoms. The molecule has 7 nitrogen and oxygen atoms in total. The van der Waals surface area contributed by atoms with Crippen LogP contribution in [0.5, 0.6) is 0 Å². The lowest BCUT2D eigenvalue weighted by molar-refractivity contribution is -0.383. The van der Waals surface area contributed by atoms with E-state index < -0.39 is 22.5 Å². The van der Waals surface area contributed by atoms with Crippen LogP contribution in [0.1, 0.15) is 26.3 Å². The maximum Gasteiger partial charge on any atom is 0.340 e. The topological polar surface area (TPSA) is 98.5 Å². The van der Waals surface area contributed by atoms with Crippen LogP contribution in [0.3, 0.4) is 0 Å². The van der Waals surface area contributed by atoms with Crippen LogP contribution in [0.2, 0.25) is 0 Å². The number of amides is 1. The Morgan fingerprint density at radius 1 is 1.13 bits per heavy atom. The Morgan fingerprint density at radius 2 is 1.74 bits per heavy atom. The Balaban J connectivity index is 2.31. The second-order valence-electron chi connectivity index (χ2n) is 4.71. The summed E-state index contributed by atoms with van der Waals surface area (Å²) in [7, 11) is 1.78. The van der Waals surface area contributed by atoms with Crippen molar-refractivity contribution in [3.05, 3.63) is 69.3 Å². The molecule has 0 saturated heterocycles. The summed E-state index contributed by atoms with van der Waals surface area (Å²) in [5.41, 5.74) is 0.991. The van der Waals surface area contributed by atoms with E-state index in [1.54, 1.807) is 33.7 Å². The van der Waals surface area contributed by atoms with Gasteiger partial charge in [-0.3, -0.25) is 14.9 Å². The van der Waals surface area contributed by atoms with Gasteiger partial charge in [0.05, 0.1) is 20.0 Å². The van der Waals surface area contributed by atoms with Crippen molar-refractivity contribution in [2.24, 2.45) is 0 Å². The number of nitrogens with zero attached hydrogens (tertiary/aromatic N) is 1. The van der Waals surface area contributed by atoms with E-state index in [4.69, 9.17) is 0 Å². The molecule has 2 aromatic rings. The predicted molar refractivity (Wildman–Crippen MR) is 87.4 cm³/mol. The van der Waals surface area contributed by atoms with Gasteiger partial charge in [-0.1, -0.05) is 17.7 Å². The average Bonchev–Trinajstić information content (AvgIpc) is 2.54. The van der Waals surface area contributed by atoms with Crippen LogP contribution >= 0.6 is 9.47 Å². The fraction of sp³-hybridized carbons (Fsp3) is 0.0667. The molecule has 0 radical (unpaired) electrons. The van der Waals surface area contributed by atoms with Gasteiger partial charge in [0.2, 0.25) is 0 Å². The van der Waals surface area contributed by atoms with Gasteiger partial charge in [-0.05, 0) is 31.2 Å². The van der Waals surface area contributed by atoms with Gasteiger partial charge in [0.25, 0.3) is 11.6 Å². The molecule has 0 aliphatic carbocycles. The number of nitro groups is 1. The Hall–Kier alpha value is -2.79. The Kier molecular flexibility index (Phi) is 5.03. The van der Waals surface area contributed by atoms with Gasteiger partial charge in [0.15, 0.2) is 0 Å². The smallest absolute Gasteiger partial charge is 0.340 e. The fourth-order valence-corrected chi connectivity index (χ4v) is 2.02. The molecule has 0 saturated carbocycles. The molecule has 0 spiro atoms. The summed E-state index contributed by atoms with van der Waals surface area (Å²) in [6.45, 7) is 1.89. The minimum atomic E-state index is -0.727. The molecule has 8 heteroatoms. The highest BCUT2D eigenvalue weighted by atomic mass is 31.0. The molecule has 1 N–H and O–H groups in total. The average molecular weight is 332 g/mol. The van der Waals surface area contributed by atoms with Crippen molar-refractivity contribution in [2.45, 2.75) is 6.92 Å². The first-order valence-electron chi connectivity index (χ1n) is 6.50. The maximum absolute atomic E-state index is 12.1. The molecule has 0 aliphatic rings. The van der Waals surface area contributed by atoms with Gasteiger partial charge >= 0.3 is 5.97 Å². The number of aryl methyl sites for hydroxylation is 1. The van der Waals surface area contributed by atoms with E-state index in [0.29, 0.717) is 5.56 Å². The van der Waals surface area contributed by atoms with Crippen LogP contribution < -0.4 is 5.32 Å². The molecule has 2 aromatic carbocycles. The first-order valence-corrected chi connectivity index (χ1v) is 6.97. The van der Waals surface area contributed by atoms with E-state index in [1.165, 1.54) is 12.1 Å². The molecule has 0 aromatic heterocycles. The number of hydrogen-bond acceptors (Lipinski definition) is 5. The largest absolute Gasteiger partial charge is 0.448 e. The highest BCUT2D eigenvalue weighted by Crippen LogP contribution is 2.26. The van der Waals surface area contributed by atoms with Crippen LogP contribution in [0.4, 0.5) is 11.4 Å². The zero-order valence-corrected chi connectivity index (χ0v) is 13.3. The number of rotatable bonds is 4. The lowest BCUT2D eigenvalue weighted by atomic mass is 10.1. The van der Waals surface area contributed by atoms with Crippen molar-refractivity contribution in [3.63, 3.8) is 0 Å². The summed E-state index contributed by atoms with van der Waals surface area (Å²) in [4.78, 5) is 34.0. The molecule has 1 atom stereocenters. The summed E-state index contributed by atoms with van der Waals surface area (Å²) in [5, 5.41) is 13.6. The predicted octanol–water partition coefficient (Wildman–Crippen LogP) is 3.10. The lowest BCUT2D eigenvalue weighted by Gasteiger charge is -2.07. The van der Waals surface area contributed by atoms with Gasteiger partial charge < -0.3 is 9.84 Å². The third-order valence-electron chi connectivity index (χ3n) is 3.10. The zero-order valence-electron chi connectivity index (χ0n) is 12.1. The number of nitrogens with one attached hydrogen (secondary N) is 1.